The largest absolute Gasteiger partial charge is 0.479 e. The van der Waals surface area contributed by atoms with Crippen LogP contribution in [0.1, 0.15) is 12.8 Å². The fourth-order valence-corrected chi connectivity index (χ4v) is 2.89. The number of carbonyl (C=O) groups excluding carboxylic acids is 1. The number of nitrogens with zero attached hydrogens (tertiary/aromatic N) is 1. The zero-order valence-corrected chi connectivity index (χ0v) is 13.3. The van der Waals surface area contributed by atoms with Gasteiger partial charge in [-0.3, -0.25) is 9.69 Å². The van der Waals surface area contributed by atoms with E-state index in [2.05, 4.69) is 0 Å². The van der Waals surface area contributed by atoms with Crippen LogP contribution in [0, 0.1) is 5.41 Å². The van der Waals surface area contributed by atoms with Gasteiger partial charge in [0, 0.05) is 0 Å². The van der Waals surface area contributed by atoms with Crippen molar-refractivity contribution in [1.82, 2.24) is 10.2 Å². The highest BCUT2D eigenvalue weighted by Gasteiger charge is 2.61. The summed E-state index contributed by atoms with van der Waals surface area (Å²) in [5.74, 6) is -3.04. The van der Waals surface area contributed by atoms with Crippen molar-refractivity contribution in [3.63, 3.8) is 0 Å². The standard InChI is InChI=1S/C12H16F6N2O3S/c1-24-7(8(21)22)19-9(23)10(12(16,17)18)2-4-20(5-3-10)6-11(13,14)15/h7H,2-6H2,1H3,(H,19,23)(H,21,22). The van der Waals surface area contributed by atoms with E-state index in [-0.39, 0.29) is 0 Å². The SMILES string of the molecule is CSC(NC(=O)C1(C(F)(F)F)CCN(CC(F)(F)F)CC1)C(=O)O. The van der Waals surface area contributed by atoms with E-state index >= 15 is 0 Å². The summed E-state index contributed by atoms with van der Waals surface area (Å²) < 4.78 is 77.2. The molecule has 1 heterocycles. The molecule has 0 aliphatic carbocycles. The van der Waals surface area contributed by atoms with Crippen molar-refractivity contribution in [2.45, 2.75) is 30.6 Å². The zero-order chi connectivity index (χ0) is 18.8. The zero-order valence-electron chi connectivity index (χ0n) is 12.5. The predicted octanol–water partition coefficient (Wildman–Crippen LogP) is 2.08. The number of likely N-dealkylation sites (tertiary alicyclic amines) is 1. The van der Waals surface area contributed by atoms with Crippen molar-refractivity contribution >= 4 is 23.6 Å². The first-order valence-electron chi connectivity index (χ1n) is 6.75. The van der Waals surface area contributed by atoms with E-state index in [4.69, 9.17) is 5.11 Å². The Balaban J connectivity index is 2.91. The molecule has 1 saturated heterocycles. The number of carboxylic acids is 1. The van der Waals surface area contributed by atoms with Crippen LogP contribution in [-0.2, 0) is 9.59 Å². The summed E-state index contributed by atoms with van der Waals surface area (Å²) in [7, 11) is 0. The third-order valence-corrected chi connectivity index (χ3v) is 4.60. The monoisotopic (exact) mass is 382 g/mol. The van der Waals surface area contributed by atoms with Gasteiger partial charge in [0.05, 0.1) is 6.54 Å². The van der Waals surface area contributed by atoms with Gasteiger partial charge in [0.25, 0.3) is 0 Å². The van der Waals surface area contributed by atoms with Crippen molar-refractivity contribution in [3.8, 4) is 0 Å². The molecule has 1 rings (SSSR count). The topological polar surface area (TPSA) is 69.6 Å². The fourth-order valence-electron chi connectivity index (χ4n) is 2.46. The van der Waals surface area contributed by atoms with Crippen LogP contribution in [0.25, 0.3) is 0 Å². The molecule has 12 heteroatoms. The quantitative estimate of drug-likeness (QED) is 0.563. The maximum atomic E-state index is 13.4. The van der Waals surface area contributed by atoms with Crippen molar-refractivity contribution < 1.29 is 41.0 Å². The van der Waals surface area contributed by atoms with Crippen LogP contribution < -0.4 is 5.32 Å². The molecule has 0 spiro atoms. The van der Waals surface area contributed by atoms with E-state index in [1.807, 2.05) is 5.32 Å². The second kappa shape index (κ2) is 7.38. The van der Waals surface area contributed by atoms with E-state index in [9.17, 15) is 35.9 Å². The van der Waals surface area contributed by atoms with Crippen LogP contribution in [0.15, 0.2) is 0 Å². The smallest absolute Gasteiger partial charge is 0.403 e. The molecule has 0 bridgehead atoms. The number of aliphatic carboxylic acids is 1. The maximum absolute atomic E-state index is 13.4. The molecule has 0 aromatic rings. The first-order valence-corrected chi connectivity index (χ1v) is 8.03. The Labute approximate surface area is 137 Å². The summed E-state index contributed by atoms with van der Waals surface area (Å²) in [6.45, 7) is -2.49. The Bertz CT molecular complexity index is 474. The van der Waals surface area contributed by atoms with E-state index in [1.165, 1.54) is 6.26 Å². The van der Waals surface area contributed by atoms with Crippen molar-refractivity contribution in [1.29, 1.82) is 0 Å². The number of hydrogen-bond donors (Lipinski definition) is 2. The van der Waals surface area contributed by atoms with Crippen LogP contribution in [0.2, 0.25) is 0 Å². The van der Waals surface area contributed by atoms with Crippen LogP contribution >= 0.6 is 11.8 Å². The third kappa shape index (κ3) is 4.91. The first-order chi connectivity index (χ1) is 10.8. The number of carboxylic acid groups (broad SMARTS) is 1. The number of rotatable bonds is 5. The average molecular weight is 382 g/mol. The maximum Gasteiger partial charge on any atom is 0.403 e. The molecule has 1 amide bonds. The van der Waals surface area contributed by atoms with Gasteiger partial charge in [-0.2, -0.15) is 26.3 Å². The number of alkyl halides is 6. The van der Waals surface area contributed by atoms with Gasteiger partial charge in [-0.05, 0) is 32.2 Å². The lowest BCUT2D eigenvalue weighted by Gasteiger charge is -2.41. The van der Waals surface area contributed by atoms with E-state index in [0.29, 0.717) is 11.8 Å². The molecule has 1 unspecified atom stereocenters. The van der Waals surface area contributed by atoms with Gasteiger partial charge in [0.15, 0.2) is 5.37 Å². The Hall–Kier alpha value is -1.17. The van der Waals surface area contributed by atoms with Crippen molar-refractivity contribution in [2.75, 3.05) is 25.9 Å². The Morgan fingerprint density at radius 2 is 1.71 bits per heavy atom. The molecule has 1 aliphatic rings. The normalized spacial score (nSPS) is 20.5. The second-order valence-corrected chi connectivity index (χ2v) is 6.34. The van der Waals surface area contributed by atoms with Crippen molar-refractivity contribution in [2.24, 2.45) is 5.41 Å². The van der Waals surface area contributed by atoms with Gasteiger partial charge in [-0.1, -0.05) is 0 Å². The summed E-state index contributed by atoms with van der Waals surface area (Å²) in [6.07, 6.45) is -9.97. The molecule has 5 nitrogen and oxygen atoms in total. The highest BCUT2D eigenvalue weighted by molar-refractivity contribution is 7.99. The third-order valence-electron chi connectivity index (χ3n) is 3.81. The molecule has 1 atom stereocenters. The van der Waals surface area contributed by atoms with Gasteiger partial charge in [0.2, 0.25) is 5.91 Å². The summed E-state index contributed by atoms with van der Waals surface area (Å²) >= 11 is 0.630. The predicted molar refractivity (Wildman–Crippen MR) is 73.3 cm³/mol. The average Bonchev–Trinajstić information content (AvgIpc) is 2.42. The van der Waals surface area contributed by atoms with Gasteiger partial charge < -0.3 is 10.4 Å². The Kier molecular flexibility index (Phi) is 6.42. The Morgan fingerprint density at radius 1 is 1.21 bits per heavy atom. The van der Waals surface area contributed by atoms with Crippen LogP contribution in [0.3, 0.4) is 0 Å². The molecular formula is C12H16F6N2O3S. The molecule has 0 radical (unpaired) electrons. The summed E-state index contributed by atoms with van der Waals surface area (Å²) in [6, 6.07) is 0. The van der Waals surface area contributed by atoms with Crippen LogP contribution in [0.4, 0.5) is 26.3 Å². The first kappa shape index (κ1) is 20.9. The lowest BCUT2D eigenvalue weighted by Crippen LogP contribution is -2.58. The molecule has 1 aliphatic heterocycles. The lowest BCUT2D eigenvalue weighted by molar-refractivity contribution is -0.236. The van der Waals surface area contributed by atoms with E-state index in [0.717, 1.165) is 4.90 Å². The molecule has 140 valence electrons. The van der Waals surface area contributed by atoms with Gasteiger partial charge >= 0.3 is 18.3 Å². The Morgan fingerprint density at radius 3 is 2.04 bits per heavy atom. The van der Waals surface area contributed by atoms with Crippen LogP contribution in [-0.4, -0.2) is 65.5 Å². The summed E-state index contributed by atoms with van der Waals surface area (Å²) in [5.41, 5.74) is -2.89. The number of thioether (sulfide) groups is 1. The molecule has 0 aromatic heterocycles. The molecular weight excluding hydrogens is 366 g/mol. The van der Waals surface area contributed by atoms with Gasteiger partial charge in [-0.15, -0.1) is 11.8 Å². The molecule has 0 aromatic carbocycles. The van der Waals surface area contributed by atoms with Crippen LogP contribution in [0.5, 0.6) is 0 Å². The molecule has 0 saturated carbocycles. The van der Waals surface area contributed by atoms with Crippen molar-refractivity contribution in [3.05, 3.63) is 0 Å². The molecule has 1 fully saturated rings. The summed E-state index contributed by atoms with van der Waals surface area (Å²) in [4.78, 5) is 23.7. The number of nitrogens with one attached hydrogen (secondary N) is 1. The number of amides is 1. The fraction of sp³-hybridized carbons (Fsp3) is 0.833. The minimum atomic E-state index is -5.00. The number of halogens is 6. The minimum Gasteiger partial charge on any atom is -0.479 e. The second-order valence-electron chi connectivity index (χ2n) is 5.40. The number of carbonyl (C=O) groups is 2. The summed E-state index contributed by atoms with van der Waals surface area (Å²) in [5, 5.41) is 9.07. The molecule has 24 heavy (non-hydrogen) atoms. The van der Waals surface area contributed by atoms with Gasteiger partial charge in [-0.25, -0.2) is 4.79 Å². The molecule has 2 N–H and O–H groups in total. The number of piperidine rings is 1. The van der Waals surface area contributed by atoms with E-state index in [1.54, 1.807) is 0 Å². The number of hydrogen-bond acceptors (Lipinski definition) is 4. The lowest BCUT2D eigenvalue weighted by atomic mass is 9.76. The highest BCUT2D eigenvalue weighted by atomic mass is 32.2. The highest BCUT2D eigenvalue weighted by Crippen LogP contribution is 2.47. The van der Waals surface area contributed by atoms with Gasteiger partial charge in [0.1, 0.15) is 5.41 Å². The minimum absolute atomic E-state index is 0.566. The van der Waals surface area contributed by atoms with E-state index < -0.39 is 67.5 Å².